The van der Waals surface area contributed by atoms with E-state index in [2.05, 4.69) is 17.1 Å². The zero-order valence-corrected chi connectivity index (χ0v) is 17.6. The quantitative estimate of drug-likeness (QED) is 0.410. The maximum atomic E-state index is 13.5. The van der Waals surface area contributed by atoms with Gasteiger partial charge in [0.15, 0.2) is 0 Å². The first-order chi connectivity index (χ1) is 15.7. The molecule has 5 rings (SSSR count). The van der Waals surface area contributed by atoms with Gasteiger partial charge in [-0.3, -0.25) is 0 Å². The van der Waals surface area contributed by atoms with E-state index in [0.29, 0.717) is 13.1 Å². The maximum Gasteiger partial charge on any atom is 0.410 e. The lowest BCUT2D eigenvalue weighted by molar-refractivity contribution is 0.0998. The highest BCUT2D eigenvalue weighted by Gasteiger charge is 2.23. The van der Waals surface area contributed by atoms with Gasteiger partial charge in [0.2, 0.25) is 0 Å². The molecule has 0 atom stereocenters. The van der Waals surface area contributed by atoms with Crippen LogP contribution in [0.5, 0.6) is 0 Å². The zero-order valence-electron chi connectivity index (χ0n) is 17.6. The lowest BCUT2D eigenvalue weighted by Gasteiger charge is -2.26. The van der Waals surface area contributed by atoms with Gasteiger partial charge in [0, 0.05) is 29.6 Å². The molecule has 2 heterocycles. The summed E-state index contributed by atoms with van der Waals surface area (Å²) in [5, 5.41) is 1.12. The van der Waals surface area contributed by atoms with Crippen molar-refractivity contribution in [3.05, 3.63) is 102 Å². The molecule has 1 aromatic heterocycles. The van der Waals surface area contributed by atoms with Gasteiger partial charge in [-0.05, 0) is 53.5 Å². The van der Waals surface area contributed by atoms with Gasteiger partial charge >= 0.3 is 6.09 Å². The fraction of sp³-hybridized carbons (Fsp3) is 0.148. The maximum absolute atomic E-state index is 13.5. The Labute approximate surface area is 185 Å². The highest BCUT2D eigenvalue weighted by atomic mass is 19.1. The molecular weight excluding hydrogens is 403 g/mol. The summed E-state index contributed by atoms with van der Waals surface area (Å²) in [6, 6.07) is 24.4. The standard InChI is InChI=1S/C27H23FN2O2/c28-22-12-10-21(11-13-22)26-25(23-8-4-5-9-24(23)29-26)20-14-16-30(17-15-20)27(31)32-18-19-6-2-1-3-7-19/h1-14,29H,15-18H2. The molecule has 0 unspecified atom stereocenters. The minimum Gasteiger partial charge on any atom is -0.445 e. The van der Waals surface area contributed by atoms with Crippen LogP contribution in [0, 0.1) is 5.82 Å². The van der Waals surface area contributed by atoms with Gasteiger partial charge in [-0.25, -0.2) is 9.18 Å². The van der Waals surface area contributed by atoms with E-state index in [4.69, 9.17) is 4.74 Å². The summed E-state index contributed by atoms with van der Waals surface area (Å²) in [7, 11) is 0. The number of nitrogens with zero attached hydrogens (tertiary/aromatic N) is 1. The number of aromatic amines is 1. The van der Waals surface area contributed by atoms with Gasteiger partial charge in [-0.1, -0.05) is 54.6 Å². The first-order valence-corrected chi connectivity index (χ1v) is 10.7. The number of benzene rings is 3. The Bertz CT molecular complexity index is 1280. The van der Waals surface area contributed by atoms with Crippen LogP contribution in [-0.2, 0) is 11.3 Å². The number of rotatable bonds is 4. The first-order valence-electron chi connectivity index (χ1n) is 10.7. The lowest BCUT2D eigenvalue weighted by Crippen LogP contribution is -2.35. The Morgan fingerprint density at radius 3 is 2.47 bits per heavy atom. The van der Waals surface area contributed by atoms with Crippen molar-refractivity contribution in [2.75, 3.05) is 13.1 Å². The van der Waals surface area contributed by atoms with Crippen molar-refractivity contribution in [3.63, 3.8) is 0 Å². The van der Waals surface area contributed by atoms with Gasteiger partial charge in [0.05, 0.1) is 5.69 Å². The Balaban J connectivity index is 1.39. The normalized spacial score (nSPS) is 13.8. The van der Waals surface area contributed by atoms with E-state index in [0.717, 1.165) is 39.7 Å². The van der Waals surface area contributed by atoms with Crippen LogP contribution in [-0.4, -0.2) is 29.1 Å². The lowest BCUT2D eigenvalue weighted by atomic mass is 9.94. The van der Waals surface area contributed by atoms with Gasteiger partial charge in [0.25, 0.3) is 0 Å². The second-order valence-electron chi connectivity index (χ2n) is 7.89. The van der Waals surface area contributed by atoms with Crippen molar-refractivity contribution < 1.29 is 13.9 Å². The third-order valence-electron chi connectivity index (χ3n) is 5.83. The van der Waals surface area contributed by atoms with E-state index >= 15 is 0 Å². The fourth-order valence-corrected chi connectivity index (χ4v) is 4.18. The smallest absolute Gasteiger partial charge is 0.410 e. The van der Waals surface area contributed by atoms with Crippen LogP contribution in [0.2, 0.25) is 0 Å². The molecule has 1 aliphatic heterocycles. The van der Waals surface area contributed by atoms with Gasteiger partial charge < -0.3 is 14.6 Å². The number of halogens is 1. The number of aromatic nitrogens is 1. The molecule has 4 nitrogen and oxygen atoms in total. The number of para-hydroxylation sites is 1. The summed E-state index contributed by atoms with van der Waals surface area (Å²) in [5.74, 6) is -0.257. The zero-order chi connectivity index (χ0) is 21.9. The Hall–Kier alpha value is -3.86. The second-order valence-corrected chi connectivity index (χ2v) is 7.89. The molecule has 0 fully saturated rings. The monoisotopic (exact) mass is 426 g/mol. The third kappa shape index (κ3) is 4.02. The molecular formula is C27H23FN2O2. The molecule has 3 aromatic carbocycles. The number of carbonyl (C=O) groups excluding carboxylic acids is 1. The van der Waals surface area contributed by atoms with Crippen LogP contribution in [0.3, 0.4) is 0 Å². The topological polar surface area (TPSA) is 45.3 Å². The van der Waals surface area contributed by atoms with Crippen LogP contribution in [0.1, 0.15) is 17.5 Å². The van der Waals surface area contributed by atoms with Gasteiger partial charge in [-0.15, -0.1) is 0 Å². The van der Waals surface area contributed by atoms with Crippen molar-refractivity contribution >= 4 is 22.6 Å². The van der Waals surface area contributed by atoms with Crippen molar-refractivity contribution in [2.45, 2.75) is 13.0 Å². The van der Waals surface area contributed by atoms with Crippen molar-refractivity contribution in [3.8, 4) is 11.3 Å². The number of H-pyrrole nitrogens is 1. The molecule has 32 heavy (non-hydrogen) atoms. The minimum absolute atomic E-state index is 0.257. The molecule has 5 heteroatoms. The highest BCUT2D eigenvalue weighted by molar-refractivity contribution is 6.00. The summed E-state index contributed by atoms with van der Waals surface area (Å²) >= 11 is 0. The van der Waals surface area contributed by atoms with Crippen molar-refractivity contribution in [2.24, 2.45) is 0 Å². The third-order valence-corrected chi connectivity index (χ3v) is 5.83. The average molecular weight is 426 g/mol. The molecule has 160 valence electrons. The predicted molar refractivity (Wildman–Crippen MR) is 124 cm³/mol. The Morgan fingerprint density at radius 1 is 0.969 bits per heavy atom. The molecule has 0 saturated heterocycles. The fourth-order valence-electron chi connectivity index (χ4n) is 4.18. The van der Waals surface area contributed by atoms with Gasteiger partial charge in [0.1, 0.15) is 12.4 Å². The predicted octanol–water partition coefficient (Wildman–Crippen LogP) is 6.40. The highest BCUT2D eigenvalue weighted by Crippen LogP contribution is 2.37. The Morgan fingerprint density at radius 2 is 1.72 bits per heavy atom. The number of nitrogens with one attached hydrogen (secondary N) is 1. The van der Waals surface area contributed by atoms with Crippen LogP contribution >= 0.6 is 0 Å². The van der Waals surface area contributed by atoms with Crippen LogP contribution in [0.15, 0.2) is 84.9 Å². The average Bonchev–Trinajstić information content (AvgIpc) is 3.23. The van der Waals surface area contributed by atoms with Crippen LogP contribution < -0.4 is 0 Å². The molecule has 1 aliphatic rings. The van der Waals surface area contributed by atoms with E-state index in [1.54, 1.807) is 17.0 Å². The first kappa shape index (κ1) is 20.1. The summed E-state index contributed by atoms with van der Waals surface area (Å²) in [5.41, 5.74) is 6.20. The number of fused-ring (bicyclic) bond motifs is 1. The SMILES string of the molecule is O=C(OCc1ccccc1)N1CC=C(c2c(-c3ccc(F)cc3)[nH]c3ccccc23)CC1. The van der Waals surface area contributed by atoms with Crippen LogP contribution in [0.4, 0.5) is 9.18 Å². The number of carbonyl (C=O) groups is 1. The molecule has 0 radical (unpaired) electrons. The summed E-state index contributed by atoms with van der Waals surface area (Å²) in [6.45, 7) is 1.34. The molecule has 0 spiro atoms. The largest absolute Gasteiger partial charge is 0.445 e. The number of ether oxygens (including phenoxy) is 1. The minimum atomic E-state index is -0.304. The second kappa shape index (κ2) is 8.71. The van der Waals surface area contributed by atoms with E-state index < -0.39 is 0 Å². The van der Waals surface area contributed by atoms with E-state index in [-0.39, 0.29) is 18.5 Å². The summed E-state index contributed by atoms with van der Waals surface area (Å²) < 4.78 is 19.0. The van der Waals surface area contributed by atoms with Gasteiger partial charge in [-0.2, -0.15) is 0 Å². The van der Waals surface area contributed by atoms with E-state index in [1.165, 1.54) is 17.7 Å². The molecule has 0 saturated carbocycles. The van der Waals surface area contributed by atoms with Crippen LogP contribution in [0.25, 0.3) is 27.7 Å². The summed E-state index contributed by atoms with van der Waals surface area (Å²) in [6.07, 6.45) is 2.51. The number of amides is 1. The number of hydrogen-bond donors (Lipinski definition) is 1. The van der Waals surface area contributed by atoms with Crippen molar-refractivity contribution in [1.82, 2.24) is 9.88 Å². The Kier molecular flexibility index (Phi) is 5.46. The number of hydrogen-bond acceptors (Lipinski definition) is 2. The molecule has 0 aliphatic carbocycles. The molecule has 0 bridgehead atoms. The summed E-state index contributed by atoms with van der Waals surface area (Å²) in [4.78, 5) is 17.8. The molecule has 1 N–H and O–H groups in total. The molecule has 4 aromatic rings. The van der Waals surface area contributed by atoms with E-state index in [1.807, 2.05) is 48.5 Å². The van der Waals surface area contributed by atoms with Crippen molar-refractivity contribution in [1.29, 1.82) is 0 Å². The van der Waals surface area contributed by atoms with E-state index in [9.17, 15) is 9.18 Å². The molecule has 1 amide bonds.